The molecule has 2 aromatic heterocycles. The molecule has 2 heterocycles. The highest BCUT2D eigenvalue weighted by Gasteiger charge is 2.22. The third-order valence-electron chi connectivity index (χ3n) is 5.15. The lowest BCUT2D eigenvalue weighted by Gasteiger charge is -2.14. The molecule has 0 unspecified atom stereocenters. The number of rotatable bonds is 8. The quantitative estimate of drug-likeness (QED) is 0.219. The number of nitro benzene ring substituents is 1. The molecule has 0 aliphatic heterocycles. The molecule has 34 heavy (non-hydrogen) atoms. The van der Waals surface area contributed by atoms with Crippen LogP contribution in [0.5, 0.6) is 0 Å². The van der Waals surface area contributed by atoms with E-state index < -0.39 is 10.2 Å². The van der Waals surface area contributed by atoms with Crippen LogP contribution in [0, 0.1) is 10.1 Å². The molecule has 2 aromatic carbocycles. The third kappa shape index (κ3) is 5.12. The van der Waals surface area contributed by atoms with Gasteiger partial charge >= 0.3 is 0 Å². The maximum absolute atomic E-state index is 12.8. The number of anilines is 1. The first-order valence-corrected chi connectivity index (χ1v) is 11.5. The molecule has 4 aromatic rings. The summed E-state index contributed by atoms with van der Waals surface area (Å²) in [6.07, 6.45) is 4.31. The van der Waals surface area contributed by atoms with Crippen LogP contribution in [0.3, 0.4) is 0 Å². The zero-order valence-electron chi connectivity index (χ0n) is 18.6. The molecule has 0 saturated heterocycles. The minimum absolute atomic E-state index is 0.0876. The number of carbonyl (C=O) groups excluding carboxylic acids is 1. The summed E-state index contributed by atoms with van der Waals surface area (Å²) in [6, 6.07) is 17.7. The lowest BCUT2D eigenvalue weighted by Crippen LogP contribution is -2.23. The zero-order valence-corrected chi connectivity index (χ0v) is 19.4. The van der Waals surface area contributed by atoms with Crippen molar-refractivity contribution in [3.05, 3.63) is 88.7 Å². The topological polar surface area (TPSA) is 116 Å². The van der Waals surface area contributed by atoms with Gasteiger partial charge in [-0.1, -0.05) is 36.9 Å². The Hall–Kier alpha value is -4.05. The van der Waals surface area contributed by atoms with Crippen LogP contribution in [0.1, 0.15) is 19.4 Å². The molecule has 1 amide bonds. The second kappa shape index (κ2) is 10.3. The first kappa shape index (κ1) is 23.1. The first-order chi connectivity index (χ1) is 16.5. The molecule has 0 aliphatic carbocycles. The van der Waals surface area contributed by atoms with E-state index in [2.05, 4.69) is 39.6 Å². The Balaban J connectivity index is 1.62. The Kier molecular flexibility index (Phi) is 6.98. The van der Waals surface area contributed by atoms with Crippen molar-refractivity contribution >= 4 is 29.0 Å². The second-order valence-electron chi connectivity index (χ2n) is 7.45. The molecular weight excluding hydrogens is 452 g/mol. The second-order valence-corrected chi connectivity index (χ2v) is 8.76. The van der Waals surface area contributed by atoms with Gasteiger partial charge in [0, 0.05) is 41.5 Å². The predicted molar refractivity (Wildman–Crippen MR) is 131 cm³/mol. The van der Waals surface area contributed by atoms with E-state index in [9.17, 15) is 14.9 Å². The molecule has 9 nitrogen and oxygen atoms in total. The zero-order chi connectivity index (χ0) is 24.1. The SMILES string of the molecule is CCc1ccc(-n2c(S[C@H](C)C(=O)Nc3cccc([N+](=O)[O-])c3)nnc2-c2ccncc2)cc1. The normalized spacial score (nSPS) is 11.7. The Labute approximate surface area is 200 Å². The molecule has 10 heteroatoms. The number of aromatic nitrogens is 4. The van der Waals surface area contributed by atoms with Crippen molar-refractivity contribution in [2.45, 2.75) is 30.7 Å². The summed E-state index contributed by atoms with van der Waals surface area (Å²) < 4.78 is 1.91. The third-order valence-corrected chi connectivity index (χ3v) is 6.19. The van der Waals surface area contributed by atoms with Crippen molar-refractivity contribution < 1.29 is 9.72 Å². The molecule has 1 atom stereocenters. The summed E-state index contributed by atoms with van der Waals surface area (Å²) in [7, 11) is 0. The van der Waals surface area contributed by atoms with E-state index >= 15 is 0 Å². The molecular formula is C24H22N6O3S. The lowest BCUT2D eigenvalue weighted by atomic mass is 10.1. The molecule has 0 fully saturated rings. The van der Waals surface area contributed by atoms with Gasteiger partial charge in [-0.15, -0.1) is 10.2 Å². The molecule has 0 bridgehead atoms. The minimum Gasteiger partial charge on any atom is -0.325 e. The number of thioether (sulfide) groups is 1. The highest BCUT2D eigenvalue weighted by molar-refractivity contribution is 8.00. The average Bonchev–Trinajstić information content (AvgIpc) is 3.28. The molecule has 0 spiro atoms. The summed E-state index contributed by atoms with van der Waals surface area (Å²) in [5.74, 6) is 0.340. The highest BCUT2D eigenvalue weighted by atomic mass is 32.2. The number of nitro groups is 1. The van der Waals surface area contributed by atoms with Gasteiger partial charge in [-0.05, 0) is 49.2 Å². The standard InChI is InChI=1S/C24H22N6O3S/c1-3-17-7-9-20(10-8-17)29-22(18-11-13-25-14-12-18)27-28-24(29)34-16(2)23(31)26-19-5-4-6-21(15-19)30(32)33/h4-16H,3H2,1-2H3,(H,26,31)/t16-/m1/s1. The van der Waals surface area contributed by atoms with Crippen LogP contribution in [0.4, 0.5) is 11.4 Å². The van der Waals surface area contributed by atoms with Gasteiger partial charge in [-0.2, -0.15) is 0 Å². The smallest absolute Gasteiger partial charge is 0.271 e. The van der Waals surface area contributed by atoms with Crippen molar-refractivity contribution in [1.29, 1.82) is 0 Å². The Morgan fingerprint density at radius 3 is 2.53 bits per heavy atom. The van der Waals surface area contributed by atoms with Crippen molar-refractivity contribution in [1.82, 2.24) is 19.7 Å². The number of nitrogens with one attached hydrogen (secondary N) is 1. The van der Waals surface area contributed by atoms with E-state index in [0.29, 0.717) is 16.7 Å². The number of pyridine rings is 1. The number of hydrogen-bond donors (Lipinski definition) is 1. The largest absolute Gasteiger partial charge is 0.325 e. The van der Waals surface area contributed by atoms with E-state index in [-0.39, 0.29) is 11.6 Å². The summed E-state index contributed by atoms with van der Waals surface area (Å²) >= 11 is 1.26. The van der Waals surface area contributed by atoms with Gasteiger partial charge in [0.15, 0.2) is 11.0 Å². The van der Waals surface area contributed by atoms with Gasteiger partial charge in [0.05, 0.1) is 10.2 Å². The first-order valence-electron chi connectivity index (χ1n) is 10.6. The predicted octanol–water partition coefficient (Wildman–Crippen LogP) is 4.92. The van der Waals surface area contributed by atoms with E-state index in [1.165, 1.54) is 35.5 Å². The number of nitrogens with zero attached hydrogens (tertiary/aromatic N) is 5. The van der Waals surface area contributed by atoms with Crippen LogP contribution in [0.2, 0.25) is 0 Å². The number of amides is 1. The minimum atomic E-state index is -0.539. The number of non-ortho nitro benzene ring substituents is 1. The van der Waals surface area contributed by atoms with Crippen LogP contribution in [0.25, 0.3) is 17.1 Å². The maximum atomic E-state index is 12.8. The van der Waals surface area contributed by atoms with Crippen molar-refractivity contribution in [2.24, 2.45) is 0 Å². The van der Waals surface area contributed by atoms with E-state index in [0.717, 1.165) is 17.7 Å². The van der Waals surface area contributed by atoms with Gasteiger partial charge in [-0.25, -0.2) is 0 Å². The summed E-state index contributed by atoms with van der Waals surface area (Å²) in [6.45, 7) is 3.85. The van der Waals surface area contributed by atoms with Gasteiger partial charge in [0.2, 0.25) is 5.91 Å². The molecule has 0 radical (unpaired) electrons. The van der Waals surface area contributed by atoms with Crippen LogP contribution in [-0.4, -0.2) is 35.8 Å². The summed E-state index contributed by atoms with van der Waals surface area (Å²) in [5, 5.41) is 22.5. The van der Waals surface area contributed by atoms with Crippen molar-refractivity contribution in [2.75, 3.05) is 5.32 Å². The Morgan fingerprint density at radius 2 is 1.85 bits per heavy atom. The fourth-order valence-electron chi connectivity index (χ4n) is 3.30. The van der Waals surface area contributed by atoms with Gasteiger partial charge in [0.1, 0.15) is 0 Å². The Bertz CT molecular complexity index is 1310. The van der Waals surface area contributed by atoms with E-state index in [1.54, 1.807) is 25.4 Å². The van der Waals surface area contributed by atoms with Gasteiger partial charge < -0.3 is 5.32 Å². The molecule has 172 valence electrons. The van der Waals surface area contributed by atoms with Crippen LogP contribution < -0.4 is 5.32 Å². The van der Waals surface area contributed by atoms with E-state index in [4.69, 9.17) is 0 Å². The van der Waals surface area contributed by atoms with Crippen LogP contribution in [-0.2, 0) is 11.2 Å². The molecule has 0 saturated carbocycles. The van der Waals surface area contributed by atoms with Gasteiger partial charge in [-0.3, -0.25) is 24.5 Å². The Morgan fingerprint density at radius 1 is 1.12 bits per heavy atom. The average molecular weight is 475 g/mol. The highest BCUT2D eigenvalue weighted by Crippen LogP contribution is 2.30. The number of hydrogen-bond acceptors (Lipinski definition) is 7. The van der Waals surface area contributed by atoms with Crippen molar-refractivity contribution in [3.8, 4) is 17.1 Å². The number of benzene rings is 2. The van der Waals surface area contributed by atoms with E-state index in [1.807, 2.05) is 28.8 Å². The summed E-state index contributed by atoms with van der Waals surface area (Å²) in [4.78, 5) is 27.4. The lowest BCUT2D eigenvalue weighted by molar-refractivity contribution is -0.384. The molecule has 4 rings (SSSR count). The fraction of sp³-hybridized carbons (Fsp3) is 0.167. The van der Waals surface area contributed by atoms with Crippen LogP contribution in [0.15, 0.2) is 78.2 Å². The summed E-state index contributed by atoms with van der Waals surface area (Å²) in [5.41, 5.74) is 3.21. The fourth-order valence-corrected chi connectivity index (χ4v) is 4.17. The number of aryl methyl sites for hydroxylation is 1. The monoisotopic (exact) mass is 474 g/mol. The molecule has 0 aliphatic rings. The van der Waals surface area contributed by atoms with Crippen LogP contribution >= 0.6 is 11.8 Å². The van der Waals surface area contributed by atoms with Crippen molar-refractivity contribution in [3.63, 3.8) is 0 Å². The molecule has 1 N–H and O–H groups in total. The van der Waals surface area contributed by atoms with Gasteiger partial charge in [0.25, 0.3) is 5.69 Å². The maximum Gasteiger partial charge on any atom is 0.271 e. The number of carbonyl (C=O) groups is 1.